The average Bonchev–Trinajstić information content (AvgIpc) is 2.45. The first-order chi connectivity index (χ1) is 11.0. The molecule has 23 heavy (non-hydrogen) atoms. The van der Waals surface area contributed by atoms with E-state index in [2.05, 4.69) is 43.9 Å². The van der Waals surface area contributed by atoms with Gasteiger partial charge in [-0.25, -0.2) is 0 Å². The SMILES string of the molecule is CCCN1CC(Cc2cc(C)cc(C)c2)Oc2cc(O)ccc21. The number of fused-ring (bicyclic) bond motifs is 1. The first kappa shape index (κ1) is 15.7. The van der Waals surface area contributed by atoms with E-state index in [9.17, 15) is 5.11 Å². The molecular weight excluding hydrogens is 286 g/mol. The summed E-state index contributed by atoms with van der Waals surface area (Å²) in [7, 11) is 0. The fourth-order valence-corrected chi connectivity index (χ4v) is 3.46. The van der Waals surface area contributed by atoms with Crippen molar-refractivity contribution in [2.75, 3.05) is 18.0 Å². The van der Waals surface area contributed by atoms with E-state index in [1.165, 1.54) is 16.7 Å². The Morgan fingerprint density at radius 1 is 1.13 bits per heavy atom. The maximum absolute atomic E-state index is 9.75. The smallest absolute Gasteiger partial charge is 0.146 e. The standard InChI is InChI=1S/C20H25NO2/c1-4-7-21-13-18(11-16-9-14(2)8-15(3)10-16)23-20-12-17(22)5-6-19(20)21/h5-6,8-10,12,18,22H,4,7,11,13H2,1-3H3. The molecule has 2 aromatic rings. The molecule has 3 heteroatoms. The van der Waals surface area contributed by atoms with E-state index in [-0.39, 0.29) is 11.9 Å². The number of nitrogens with zero attached hydrogens (tertiary/aromatic N) is 1. The molecular formula is C20H25NO2. The molecule has 0 saturated heterocycles. The zero-order chi connectivity index (χ0) is 16.4. The van der Waals surface area contributed by atoms with Gasteiger partial charge in [0.2, 0.25) is 0 Å². The Balaban J connectivity index is 1.84. The van der Waals surface area contributed by atoms with Gasteiger partial charge in [-0.15, -0.1) is 0 Å². The first-order valence-corrected chi connectivity index (χ1v) is 8.37. The molecule has 3 nitrogen and oxygen atoms in total. The first-order valence-electron chi connectivity index (χ1n) is 8.37. The van der Waals surface area contributed by atoms with Crippen LogP contribution in [0.25, 0.3) is 0 Å². The molecule has 1 aliphatic rings. The highest BCUT2D eigenvalue weighted by Gasteiger charge is 2.25. The summed E-state index contributed by atoms with van der Waals surface area (Å²) in [5.74, 6) is 1.05. The number of hydrogen-bond acceptors (Lipinski definition) is 3. The van der Waals surface area contributed by atoms with Gasteiger partial charge in [0.05, 0.1) is 12.2 Å². The second-order valence-electron chi connectivity index (χ2n) is 6.54. The summed E-state index contributed by atoms with van der Waals surface area (Å²) < 4.78 is 6.17. The predicted octanol–water partition coefficient (Wildman–Crippen LogP) is 4.23. The van der Waals surface area contributed by atoms with Gasteiger partial charge in [-0.2, -0.15) is 0 Å². The van der Waals surface area contributed by atoms with Crippen LogP contribution in [-0.4, -0.2) is 24.3 Å². The fourth-order valence-electron chi connectivity index (χ4n) is 3.46. The molecule has 1 aliphatic heterocycles. The van der Waals surface area contributed by atoms with Crippen molar-refractivity contribution in [2.24, 2.45) is 0 Å². The van der Waals surface area contributed by atoms with Crippen molar-refractivity contribution in [1.82, 2.24) is 0 Å². The van der Waals surface area contributed by atoms with Crippen LogP contribution in [0.5, 0.6) is 11.5 Å². The quantitative estimate of drug-likeness (QED) is 0.917. The average molecular weight is 311 g/mol. The molecule has 1 unspecified atom stereocenters. The Kier molecular flexibility index (Phi) is 4.46. The van der Waals surface area contributed by atoms with Gasteiger partial charge >= 0.3 is 0 Å². The van der Waals surface area contributed by atoms with Crippen molar-refractivity contribution in [3.05, 3.63) is 53.1 Å². The molecule has 0 amide bonds. The predicted molar refractivity (Wildman–Crippen MR) is 94.6 cm³/mol. The van der Waals surface area contributed by atoms with Crippen molar-refractivity contribution in [3.63, 3.8) is 0 Å². The van der Waals surface area contributed by atoms with Gasteiger partial charge in [-0.05, 0) is 38.0 Å². The van der Waals surface area contributed by atoms with Gasteiger partial charge in [-0.1, -0.05) is 36.2 Å². The number of phenols is 1. The van der Waals surface area contributed by atoms with Crippen molar-refractivity contribution >= 4 is 5.69 Å². The number of benzene rings is 2. The van der Waals surface area contributed by atoms with Gasteiger partial charge in [0, 0.05) is 19.0 Å². The summed E-state index contributed by atoms with van der Waals surface area (Å²) in [5.41, 5.74) is 4.98. The maximum Gasteiger partial charge on any atom is 0.146 e. The topological polar surface area (TPSA) is 32.7 Å². The van der Waals surface area contributed by atoms with Crippen LogP contribution in [0.2, 0.25) is 0 Å². The van der Waals surface area contributed by atoms with E-state index >= 15 is 0 Å². The molecule has 0 radical (unpaired) electrons. The molecule has 0 saturated carbocycles. The van der Waals surface area contributed by atoms with Crippen LogP contribution in [0.1, 0.15) is 30.0 Å². The Hall–Kier alpha value is -2.16. The largest absolute Gasteiger partial charge is 0.508 e. The number of anilines is 1. The monoisotopic (exact) mass is 311 g/mol. The minimum atomic E-state index is 0.108. The van der Waals surface area contributed by atoms with Crippen molar-refractivity contribution in [1.29, 1.82) is 0 Å². The van der Waals surface area contributed by atoms with Crippen LogP contribution in [0.4, 0.5) is 5.69 Å². The summed E-state index contributed by atoms with van der Waals surface area (Å²) in [4.78, 5) is 2.37. The maximum atomic E-state index is 9.75. The molecule has 0 bridgehead atoms. The van der Waals surface area contributed by atoms with Gasteiger partial charge in [0.25, 0.3) is 0 Å². The molecule has 2 aromatic carbocycles. The van der Waals surface area contributed by atoms with E-state index in [1.54, 1.807) is 12.1 Å². The summed E-state index contributed by atoms with van der Waals surface area (Å²) in [6.07, 6.45) is 2.09. The molecule has 0 aliphatic carbocycles. The lowest BCUT2D eigenvalue weighted by Gasteiger charge is -2.36. The Bertz CT molecular complexity index is 676. The van der Waals surface area contributed by atoms with Crippen LogP contribution in [0.15, 0.2) is 36.4 Å². The van der Waals surface area contributed by atoms with Crippen LogP contribution in [0.3, 0.4) is 0 Å². The molecule has 0 spiro atoms. The lowest BCUT2D eigenvalue weighted by molar-refractivity contribution is 0.193. The number of aryl methyl sites for hydroxylation is 2. The van der Waals surface area contributed by atoms with Gasteiger partial charge < -0.3 is 14.7 Å². The summed E-state index contributed by atoms with van der Waals surface area (Å²) >= 11 is 0. The minimum Gasteiger partial charge on any atom is -0.508 e. The minimum absolute atomic E-state index is 0.108. The van der Waals surface area contributed by atoms with Crippen LogP contribution >= 0.6 is 0 Å². The van der Waals surface area contributed by atoms with Crippen molar-refractivity contribution in [3.8, 4) is 11.5 Å². The lowest BCUT2D eigenvalue weighted by Crippen LogP contribution is -2.41. The Morgan fingerprint density at radius 2 is 1.87 bits per heavy atom. The number of aromatic hydroxyl groups is 1. The van der Waals surface area contributed by atoms with Crippen LogP contribution in [0, 0.1) is 13.8 Å². The zero-order valence-electron chi connectivity index (χ0n) is 14.2. The second kappa shape index (κ2) is 6.53. The van der Waals surface area contributed by atoms with Gasteiger partial charge in [0.1, 0.15) is 17.6 Å². The molecule has 1 heterocycles. The normalized spacial score (nSPS) is 16.8. The van der Waals surface area contributed by atoms with Crippen LogP contribution < -0.4 is 9.64 Å². The number of ether oxygens (including phenoxy) is 1. The summed E-state index contributed by atoms with van der Waals surface area (Å²) in [6, 6.07) is 12.1. The van der Waals surface area contributed by atoms with Gasteiger partial charge in [-0.3, -0.25) is 0 Å². The third-order valence-corrected chi connectivity index (χ3v) is 4.24. The summed E-state index contributed by atoms with van der Waals surface area (Å²) in [6.45, 7) is 8.35. The van der Waals surface area contributed by atoms with Crippen molar-refractivity contribution < 1.29 is 9.84 Å². The number of hydrogen-bond donors (Lipinski definition) is 1. The molecule has 122 valence electrons. The van der Waals surface area contributed by atoms with Crippen molar-refractivity contribution in [2.45, 2.75) is 39.7 Å². The van der Waals surface area contributed by atoms with E-state index in [4.69, 9.17) is 4.74 Å². The highest BCUT2D eigenvalue weighted by molar-refractivity contribution is 5.62. The van der Waals surface area contributed by atoms with Gasteiger partial charge in [0.15, 0.2) is 0 Å². The number of phenolic OH excluding ortho intramolecular Hbond substituents is 1. The zero-order valence-corrected chi connectivity index (χ0v) is 14.2. The Labute approximate surface area is 138 Å². The van der Waals surface area contributed by atoms with Crippen LogP contribution in [-0.2, 0) is 6.42 Å². The summed E-state index contributed by atoms with van der Waals surface area (Å²) in [5, 5.41) is 9.75. The van der Waals surface area contributed by atoms with E-state index in [0.717, 1.165) is 37.4 Å². The highest BCUT2D eigenvalue weighted by atomic mass is 16.5. The molecule has 3 rings (SSSR count). The van der Waals surface area contributed by atoms with E-state index in [1.807, 2.05) is 6.07 Å². The second-order valence-corrected chi connectivity index (χ2v) is 6.54. The molecule has 0 fully saturated rings. The third kappa shape index (κ3) is 3.61. The molecule has 0 aromatic heterocycles. The van der Waals surface area contributed by atoms with E-state index < -0.39 is 0 Å². The third-order valence-electron chi connectivity index (χ3n) is 4.24. The van der Waals surface area contributed by atoms with E-state index in [0.29, 0.717) is 0 Å². The highest BCUT2D eigenvalue weighted by Crippen LogP contribution is 2.36. The fraction of sp³-hybridized carbons (Fsp3) is 0.400. The molecule has 1 N–H and O–H groups in total. The lowest BCUT2D eigenvalue weighted by atomic mass is 10.0. The molecule has 1 atom stereocenters. The number of rotatable bonds is 4. The Morgan fingerprint density at radius 3 is 2.57 bits per heavy atom.